The number of carbonyl (C=O) groups is 1. The lowest BCUT2D eigenvalue weighted by atomic mass is 10.2. The zero-order valence-corrected chi connectivity index (χ0v) is 6.34. The Morgan fingerprint density at radius 2 is 2.00 bits per heavy atom. The van der Waals surface area contributed by atoms with E-state index in [1.54, 1.807) is 5.43 Å². The summed E-state index contributed by atoms with van der Waals surface area (Å²) in [5.74, 6) is 0.769. The van der Waals surface area contributed by atoms with Crippen molar-refractivity contribution in [2.75, 3.05) is 0 Å². The Bertz CT molecular complexity index is 355. The highest BCUT2D eigenvalue weighted by Gasteiger charge is 2.14. The van der Waals surface area contributed by atoms with Gasteiger partial charge in [0, 0.05) is 6.07 Å². The van der Waals surface area contributed by atoms with Gasteiger partial charge in [-0.25, -0.2) is 14.6 Å². The first-order chi connectivity index (χ1) is 6.06. The first-order valence-corrected chi connectivity index (χ1v) is 3.25. The SMILES string of the molecule is NNC(=O)c1cc(F)c(O)cc1F. The Kier molecular flexibility index (Phi) is 2.43. The van der Waals surface area contributed by atoms with Gasteiger partial charge in [0.15, 0.2) is 11.6 Å². The molecule has 0 bridgehead atoms. The van der Waals surface area contributed by atoms with Crippen molar-refractivity contribution in [3.63, 3.8) is 0 Å². The Labute approximate surface area is 71.9 Å². The number of hydrogen-bond donors (Lipinski definition) is 3. The van der Waals surface area contributed by atoms with Crippen molar-refractivity contribution in [3.8, 4) is 5.75 Å². The van der Waals surface area contributed by atoms with Gasteiger partial charge >= 0.3 is 0 Å². The minimum absolute atomic E-state index is 0.500. The summed E-state index contributed by atoms with van der Waals surface area (Å²) in [4.78, 5) is 10.8. The van der Waals surface area contributed by atoms with E-state index >= 15 is 0 Å². The van der Waals surface area contributed by atoms with Gasteiger partial charge in [-0.3, -0.25) is 10.2 Å². The number of amides is 1. The zero-order chi connectivity index (χ0) is 10.0. The third-order valence-electron chi connectivity index (χ3n) is 1.41. The van der Waals surface area contributed by atoms with E-state index in [2.05, 4.69) is 0 Å². The summed E-state index contributed by atoms with van der Waals surface area (Å²) in [6.07, 6.45) is 0. The normalized spacial score (nSPS) is 9.77. The molecule has 0 saturated carbocycles. The molecule has 1 rings (SSSR count). The molecule has 0 unspecified atom stereocenters. The molecule has 0 saturated heterocycles. The molecule has 0 aliphatic heterocycles. The lowest BCUT2D eigenvalue weighted by molar-refractivity contribution is 0.0949. The summed E-state index contributed by atoms with van der Waals surface area (Å²) >= 11 is 0. The minimum atomic E-state index is -1.08. The first-order valence-electron chi connectivity index (χ1n) is 3.25. The van der Waals surface area contributed by atoms with Crippen molar-refractivity contribution in [3.05, 3.63) is 29.3 Å². The van der Waals surface area contributed by atoms with Crippen molar-refractivity contribution in [1.82, 2.24) is 5.43 Å². The number of carbonyl (C=O) groups excluding carboxylic acids is 1. The van der Waals surface area contributed by atoms with Crippen LogP contribution in [0, 0.1) is 11.6 Å². The highest BCUT2D eigenvalue weighted by Crippen LogP contribution is 2.19. The second kappa shape index (κ2) is 3.36. The largest absolute Gasteiger partial charge is 0.505 e. The van der Waals surface area contributed by atoms with Crippen LogP contribution < -0.4 is 11.3 Å². The molecule has 0 aliphatic rings. The molecule has 0 atom stereocenters. The molecule has 0 fully saturated rings. The summed E-state index contributed by atoms with van der Waals surface area (Å²) in [7, 11) is 0. The summed E-state index contributed by atoms with van der Waals surface area (Å²) < 4.78 is 25.4. The summed E-state index contributed by atoms with van der Waals surface area (Å²) in [6.45, 7) is 0. The van der Waals surface area contributed by atoms with Crippen molar-refractivity contribution in [2.45, 2.75) is 0 Å². The van der Waals surface area contributed by atoms with Crippen LogP contribution >= 0.6 is 0 Å². The molecule has 1 aromatic rings. The third kappa shape index (κ3) is 1.73. The van der Waals surface area contributed by atoms with Crippen LogP contribution in [0.25, 0.3) is 0 Å². The van der Waals surface area contributed by atoms with Crippen molar-refractivity contribution in [2.24, 2.45) is 5.84 Å². The Balaban J connectivity index is 3.23. The molecule has 0 radical (unpaired) electrons. The van der Waals surface area contributed by atoms with E-state index in [1.165, 1.54) is 0 Å². The predicted octanol–water partition coefficient (Wildman–Crippen LogP) is 0.274. The Hall–Kier alpha value is -1.69. The van der Waals surface area contributed by atoms with Crippen LogP contribution in [0.5, 0.6) is 5.75 Å². The number of benzene rings is 1. The van der Waals surface area contributed by atoms with Gasteiger partial charge in [-0.15, -0.1) is 0 Å². The van der Waals surface area contributed by atoms with Crippen LogP contribution in [-0.4, -0.2) is 11.0 Å². The van der Waals surface area contributed by atoms with Crippen LogP contribution in [-0.2, 0) is 0 Å². The maximum Gasteiger partial charge on any atom is 0.268 e. The van der Waals surface area contributed by atoms with Crippen LogP contribution in [0.3, 0.4) is 0 Å². The van der Waals surface area contributed by atoms with Crippen LogP contribution in [0.2, 0.25) is 0 Å². The molecule has 4 N–H and O–H groups in total. The van der Waals surface area contributed by atoms with E-state index < -0.39 is 28.9 Å². The van der Waals surface area contributed by atoms with E-state index in [4.69, 9.17) is 10.9 Å². The molecule has 0 heterocycles. The number of aromatic hydroxyl groups is 1. The summed E-state index contributed by atoms with van der Waals surface area (Å²) in [6, 6.07) is 1.06. The highest BCUT2D eigenvalue weighted by atomic mass is 19.1. The van der Waals surface area contributed by atoms with Gasteiger partial charge in [0.25, 0.3) is 5.91 Å². The molecule has 0 spiro atoms. The monoisotopic (exact) mass is 188 g/mol. The number of nitrogen functional groups attached to an aromatic ring is 1. The van der Waals surface area contributed by atoms with E-state index in [-0.39, 0.29) is 0 Å². The third-order valence-corrected chi connectivity index (χ3v) is 1.41. The Morgan fingerprint density at radius 3 is 2.54 bits per heavy atom. The maximum absolute atomic E-state index is 12.8. The molecule has 0 aliphatic carbocycles. The fourth-order valence-corrected chi connectivity index (χ4v) is 0.788. The molecule has 1 aromatic carbocycles. The topological polar surface area (TPSA) is 75.3 Å². The molecule has 0 aromatic heterocycles. The standard InChI is InChI=1S/C7H6F2N2O2/c8-4-2-6(12)5(9)1-3(4)7(13)11-10/h1-2,12H,10H2,(H,11,13). The molecule has 1 amide bonds. The van der Waals surface area contributed by atoms with E-state index in [1.807, 2.05) is 0 Å². The lowest BCUT2D eigenvalue weighted by Crippen LogP contribution is -2.30. The van der Waals surface area contributed by atoms with Gasteiger partial charge in [-0.1, -0.05) is 0 Å². The number of hydrazine groups is 1. The smallest absolute Gasteiger partial charge is 0.268 e. The number of phenols is 1. The van der Waals surface area contributed by atoms with Crippen LogP contribution in [0.1, 0.15) is 10.4 Å². The number of nitrogens with two attached hydrogens (primary N) is 1. The molecule has 4 nitrogen and oxygen atoms in total. The van der Waals surface area contributed by atoms with Crippen molar-refractivity contribution >= 4 is 5.91 Å². The van der Waals surface area contributed by atoms with Gasteiger partial charge in [0.1, 0.15) is 5.82 Å². The lowest BCUT2D eigenvalue weighted by Gasteiger charge is -2.02. The van der Waals surface area contributed by atoms with E-state index in [0.717, 1.165) is 0 Å². The van der Waals surface area contributed by atoms with Crippen molar-refractivity contribution in [1.29, 1.82) is 0 Å². The quantitative estimate of drug-likeness (QED) is 0.336. The number of halogens is 2. The number of phenolic OH excluding ortho intramolecular Hbond substituents is 1. The maximum atomic E-state index is 12.8. The second-order valence-corrected chi connectivity index (χ2v) is 2.26. The second-order valence-electron chi connectivity index (χ2n) is 2.26. The summed E-state index contributed by atoms with van der Waals surface area (Å²) in [5.41, 5.74) is 1.08. The predicted molar refractivity (Wildman–Crippen MR) is 39.7 cm³/mol. The van der Waals surface area contributed by atoms with Gasteiger partial charge in [0.05, 0.1) is 5.56 Å². The fraction of sp³-hybridized carbons (Fsp3) is 0. The molecular weight excluding hydrogens is 182 g/mol. The summed E-state index contributed by atoms with van der Waals surface area (Å²) in [5, 5.41) is 8.70. The van der Waals surface area contributed by atoms with Crippen molar-refractivity contribution < 1.29 is 18.7 Å². The molecule has 13 heavy (non-hydrogen) atoms. The number of hydrogen-bond acceptors (Lipinski definition) is 3. The van der Waals surface area contributed by atoms with E-state index in [0.29, 0.717) is 12.1 Å². The molecule has 6 heteroatoms. The molecular formula is C7H6F2N2O2. The number of nitrogens with one attached hydrogen (secondary N) is 1. The highest BCUT2D eigenvalue weighted by molar-refractivity contribution is 5.94. The van der Waals surface area contributed by atoms with E-state index in [9.17, 15) is 13.6 Å². The van der Waals surface area contributed by atoms with Gasteiger partial charge in [-0.05, 0) is 6.07 Å². The first kappa shape index (κ1) is 9.40. The zero-order valence-electron chi connectivity index (χ0n) is 6.34. The average molecular weight is 188 g/mol. The fourth-order valence-electron chi connectivity index (χ4n) is 0.788. The van der Waals surface area contributed by atoms with Crippen LogP contribution in [0.4, 0.5) is 8.78 Å². The average Bonchev–Trinajstić information content (AvgIpc) is 2.10. The number of rotatable bonds is 1. The van der Waals surface area contributed by atoms with Gasteiger partial charge < -0.3 is 5.11 Å². The molecule has 70 valence electrons. The van der Waals surface area contributed by atoms with Gasteiger partial charge in [-0.2, -0.15) is 0 Å². The van der Waals surface area contributed by atoms with Gasteiger partial charge in [0.2, 0.25) is 0 Å². The minimum Gasteiger partial charge on any atom is -0.505 e. The Morgan fingerprint density at radius 1 is 1.38 bits per heavy atom. The van der Waals surface area contributed by atoms with Crippen LogP contribution in [0.15, 0.2) is 12.1 Å².